The topological polar surface area (TPSA) is 84.0 Å². The van der Waals surface area contributed by atoms with E-state index in [9.17, 15) is 18.0 Å². The van der Waals surface area contributed by atoms with E-state index in [-0.39, 0.29) is 5.92 Å². The Morgan fingerprint density at radius 1 is 1.16 bits per heavy atom. The Morgan fingerprint density at radius 2 is 1.87 bits per heavy atom. The van der Waals surface area contributed by atoms with Crippen molar-refractivity contribution >= 4 is 6.09 Å². The number of halogens is 3. The second kappa shape index (κ2) is 8.37. The van der Waals surface area contributed by atoms with Gasteiger partial charge in [-0.25, -0.2) is 9.78 Å². The number of likely N-dealkylation sites (tertiary alicyclic amines) is 1. The number of aromatic nitrogens is 4. The molecule has 1 aliphatic rings. The van der Waals surface area contributed by atoms with Crippen LogP contribution < -0.4 is 4.74 Å². The first-order valence-electron chi connectivity index (χ1n) is 9.79. The van der Waals surface area contributed by atoms with Crippen molar-refractivity contribution in [2.24, 2.45) is 0 Å². The number of nitrogens with zero attached hydrogens (tertiary/aromatic N) is 4. The molecule has 0 saturated carbocycles. The quantitative estimate of drug-likeness (QED) is 0.657. The number of piperidine rings is 1. The molecule has 4 rings (SSSR count). The fraction of sp³-hybridized carbons (Fsp3) is 0.333. The highest BCUT2D eigenvalue weighted by Crippen LogP contribution is 2.31. The Balaban J connectivity index is 1.36. The maximum absolute atomic E-state index is 12.7. The fourth-order valence-electron chi connectivity index (χ4n) is 3.47. The van der Waals surface area contributed by atoms with Gasteiger partial charge in [0.25, 0.3) is 0 Å². The second-order valence-corrected chi connectivity index (χ2v) is 7.34. The Morgan fingerprint density at radius 3 is 2.52 bits per heavy atom. The highest BCUT2D eigenvalue weighted by molar-refractivity contribution is 5.71. The summed E-state index contributed by atoms with van der Waals surface area (Å²) in [4.78, 5) is 22.6. The van der Waals surface area contributed by atoms with E-state index >= 15 is 0 Å². The van der Waals surface area contributed by atoms with E-state index in [0.717, 1.165) is 12.1 Å². The van der Waals surface area contributed by atoms with E-state index in [4.69, 9.17) is 4.74 Å². The molecule has 0 spiro atoms. The Labute approximate surface area is 176 Å². The summed E-state index contributed by atoms with van der Waals surface area (Å²) in [6.07, 6.45) is -1.83. The lowest BCUT2D eigenvalue weighted by molar-refractivity contribution is -0.137. The van der Waals surface area contributed by atoms with Gasteiger partial charge in [0.1, 0.15) is 5.82 Å². The Bertz CT molecular complexity index is 1060. The smallest absolute Gasteiger partial charge is 0.408 e. The molecule has 1 N–H and O–H groups in total. The molecular formula is C21H20F3N5O2. The van der Waals surface area contributed by atoms with Crippen molar-refractivity contribution in [3.63, 3.8) is 0 Å². The summed E-state index contributed by atoms with van der Waals surface area (Å²) >= 11 is 0. The van der Waals surface area contributed by atoms with Crippen molar-refractivity contribution in [3.05, 3.63) is 59.7 Å². The van der Waals surface area contributed by atoms with Gasteiger partial charge < -0.3 is 9.64 Å². The van der Waals surface area contributed by atoms with Crippen LogP contribution in [0.5, 0.6) is 5.75 Å². The van der Waals surface area contributed by atoms with Crippen molar-refractivity contribution in [3.8, 4) is 17.1 Å². The first-order valence-corrected chi connectivity index (χ1v) is 9.79. The van der Waals surface area contributed by atoms with Gasteiger partial charge in [-0.3, -0.25) is 10.1 Å². The minimum absolute atomic E-state index is 0.0693. The van der Waals surface area contributed by atoms with E-state index in [1.807, 2.05) is 0 Å². The van der Waals surface area contributed by atoms with Crippen LogP contribution in [0.2, 0.25) is 0 Å². The molecule has 10 heteroatoms. The molecule has 162 valence electrons. The summed E-state index contributed by atoms with van der Waals surface area (Å²) < 4.78 is 43.6. The number of H-pyrrole nitrogens is 1. The van der Waals surface area contributed by atoms with E-state index in [1.165, 1.54) is 12.1 Å². The van der Waals surface area contributed by atoms with Crippen molar-refractivity contribution < 1.29 is 22.7 Å². The molecule has 0 radical (unpaired) electrons. The maximum Gasteiger partial charge on any atom is 0.416 e. The predicted molar refractivity (Wildman–Crippen MR) is 105 cm³/mol. The number of nitrogens with one attached hydrogen (secondary N) is 1. The van der Waals surface area contributed by atoms with Crippen LogP contribution in [0.1, 0.15) is 35.8 Å². The molecule has 1 saturated heterocycles. The van der Waals surface area contributed by atoms with Gasteiger partial charge in [-0.2, -0.15) is 18.3 Å². The zero-order valence-corrected chi connectivity index (χ0v) is 16.7. The van der Waals surface area contributed by atoms with Crippen molar-refractivity contribution in [1.29, 1.82) is 0 Å². The summed E-state index contributed by atoms with van der Waals surface area (Å²) in [7, 11) is 0. The molecule has 1 fully saturated rings. The van der Waals surface area contributed by atoms with Crippen LogP contribution in [0.15, 0.2) is 42.6 Å². The molecule has 3 heterocycles. The monoisotopic (exact) mass is 431 g/mol. The zero-order chi connectivity index (χ0) is 22.0. The zero-order valence-electron chi connectivity index (χ0n) is 16.7. The Hall–Kier alpha value is -3.43. The molecule has 0 aliphatic carbocycles. The molecular weight excluding hydrogens is 411 g/mol. The van der Waals surface area contributed by atoms with Gasteiger partial charge in [-0.1, -0.05) is 12.1 Å². The number of aromatic amines is 1. The van der Waals surface area contributed by atoms with Gasteiger partial charge in [0.05, 0.1) is 11.3 Å². The highest BCUT2D eigenvalue weighted by Gasteiger charge is 2.30. The molecule has 2 aromatic heterocycles. The van der Waals surface area contributed by atoms with Gasteiger partial charge in [-0.05, 0) is 44.0 Å². The summed E-state index contributed by atoms with van der Waals surface area (Å²) in [6, 6.07) is 8.15. The average molecular weight is 431 g/mol. The molecule has 1 amide bonds. The normalized spacial score (nSPS) is 15.2. The molecule has 0 bridgehead atoms. The lowest BCUT2D eigenvalue weighted by Gasteiger charge is -2.30. The number of hydrogen-bond acceptors (Lipinski definition) is 5. The molecule has 0 unspecified atom stereocenters. The number of rotatable bonds is 3. The first kappa shape index (κ1) is 20.8. The first-order chi connectivity index (χ1) is 14.8. The second-order valence-electron chi connectivity index (χ2n) is 7.34. The number of ether oxygens (including phenoxy) is 1. The van der Waals surface area contributed by atoms with Crippen LogP contribution >= 0.6 is 0 Å². The Kier molecular flexibility index (Phi) is 5.62. The van der Waals surface area contributed by atoms with Crippen molar-refractivity contribution in [2.75, 3.05) is 13.1 Å². The molecule has 0 atom stereocenters. The van der Waals surface area contributed by atoms with Gasteiger partial charge in [0.15, 0.2) is 11.6 Å². The standard InChI is InChI=1S/C21H20F3N5O2/c1-13-17(3-2-10-25-13)31-20(30)29-11-8-15(9-12-29)19-26-18(27-28-19)14-4-6-16(7-5-14)21(22,23)24/h2-7,10,15H,8-9,11-12H2,1H3,(H,26,27,28). The average Bonchev–Trinajstić information content (AvgIpc) is 3.25. The third-order valence-corrected chi connectivity index (χ3v) is 5.27. The highest BCUT2D eigenvalue weighted by atomic mass is 19.4. The van der Waals surface area contributed by atoms with Gasteiger partial charge in [-0.15, -0.1) is 0 Å². The van der Waals surface area contributed by atoms with E-state index in [0.29, 0.717) is 54.6 Å². The van der Waals surface area contributed by atoms with Crippen molar-refractivity contribution in [2.45, 2.75) is 31.9 Å². The van der Waals surface area contributed by atoms with E-state index in [1.54, 1.807) is 30.2 Å². The number of pyridine rings is 1. The molecule has 1 aromatic carbocycles. The van der Waals surface area contributed by atoms with Crippen molar-refractivity contribution in [1.82, 2.24) is 25.1 Å². The third-order valence-electron chi connectivity index (χ3n) is 5.27. The van der Waals surface area contributed by atoms with Crippen LogP contribution in [0.4, 0.5) is 18.0 Å². The molecule has 7 nitrogen and oxygen atoms in total. The lowest BCUT2D eigenvalue weighted by atomic mass is 9.96. The molecule has 1 aliphatic heterocycles. The molecule has 3 aromatic rings. The third kappa shape index (κ3) is 4.68. The van der Waals surface area contributed by atoms with Crippen LogP contribution in [-0.2, 0) is 6.18 Å². The van der Waals surface area contributed by atoms with Crippen LogP contribution in [-0.4, -0.2) is 44.2 Å². The minimum Gasteiger partial charge on any atom is -0.408 e. The maximum atomic E-state index is 12.7. The van der Waals surface area contributed by atoms with Crippen LogP contribution in [0.3, 0.4) is 0 Å². The molecule has 31 heavy (non-hydrogen) atoms. The number of benzene rings is 1. The number of amides is 1. The number of alkyl halides is 3. The van der Waals surface area contributed by atoms with Gasteiger partial charge in [0, 0.05) is 30.8 Å². The number of carbonyl (C=O) groups excluding carboxylic acids is 1. The number of carbonyl (C=O) groups is 1. The number of hydrogen-bond donors (Lipinski definition) is 1. The van der Waals surface area contributed by atoms with Gasteiger partial charge in [0.2, 0.25) is 0 Å². The van der Waals surface area contributed by atoms with Gasteiger partial charge >= 0.3 is 12.3 Å². The summed E-state index contributed by atoms with van der Waals surface area (Å²) in [5, 5.41) is 7.03. The lowest BCUT2D eigenvalue weighted by Crippen LogP contribution is -2.39. The largest absolute Gasteiger partial charge is 0.416 e. The minimum atomic E-state index is -4.38. The van der Waals surface area contributed by atoms with E-state index < -0.39 is 17.8 Å². The summed E-state index contributed by atoms with van der Waals surface area (Å²) in [6.45, 7) is 2.77. The summed E-state index contributed by atoms with van der Waals surface area (Å²) in [5.41, 5.74) is 0.430. The fourth-order valence-corrected chi connectivity index (χ4v) is 3.47. The predicted octanol–water partition coefficient (Wildman–Crippen LogP) is 4.57. The van der Waals surface area contributed by atoms with Crippen LogP contribution in [0.25, 0.3) is 11.4 Å². The number of aryl methyl sites for hydroxylation is 1. The van der Waals surface area contributed by atoms with Crippen LogP contribution in [0, 0.1) is 6.92 Å². The van der Waals surface area contributed by atoms with E-state index in [2.05, 4.69) is 20.2 Å². The summed E-state index contributed by atoms with van der Waals surface area (Å²) in [5.74, 6) is 1.51. The SMILES string of the molecule is Cc1ncccc1OC(=O)N1CCC(c2nc(-c3ccc(C(F)(F)F)cc3)n[nH]2)CC1.